The molecule has 0 saturated heterocycles. The van der Waals surface area contributed by atoms with Crippen molar-refractivity contribution in [2.24, 2.45) is 0 Å². The van der Waals surface area contributed by atoms with Gasteiger partial charge >= 0.3 is 0 Å². The summed E-state index contributed by atoms with van der Waals surface area (Å²) in [5.74, 6) is 0. The van der Waals surface area contributed by atoms with Crippen LogP contribution in [-0.4, -0.2) is 0 Å². The van der Waals surface area contributed by atoms with Crippen LogP contribution >= 0.6 is 0 Å². The lowest BCUT2D eigenvalue weighted by atomic mass is 10.4. The first-order valence-electron chi connectivity index (χ1n) is 18.4. The monoisotopic (exact) mass is 609 g/mol. The molecule has 0 radical (unpaired) electrons. The maximum absolute atomic E-state index is 2.12. The Morgan fingerprint density at radius 3 is 0.209 bits per heavy atom. The fourth-order valence-electron chi connectivity index (χ4n) is 1.15. The SMILES string of the molecule is CC.CC.CC.CC.CC.CC.CC.CC.CC.CC.CC.CCC.c1ccccc1.c1ccccc1.c1ccccc1. The third-order valence-electron chi connectivity index (χ3n) is 2.00. The third-order valence-corrected chi connectivity index (χ3v) is 2.00. The lowest BCUT2D eigenvalue weighted by molar-refractivity contribution is 1.09. The molecule has 0 atom stereocenters. The maximum Gasteiger partial charge on any atom is -0.0590 e. The van der Waals surface area contributed by atoms with Crippen LogP contribution in [0.25, 0.3) is 0 Å². The molecule has 0 N–H and O–H groups in total. The summed E-state index contributed by atoms with van der Waals surface area (Å²) in [6.07, 6.45) is 1.25. The van der Waals surface area contributed by atoms with Gasteiger partial charge in [-0.15, -0.1) is 0 Å². The average molecular weight is 609 g/mol. The van der Waals surface area contributed by atoms with Gasteiger partial charge in [-0.2, -0.15) is 0 Å². The van der Waals surface area contributed by atoms with Gasteiger partial charge in [-0.25, -0.2) is 0 Å². The fourth-order valence-corrected chi connectivity index (χ4v) is 1.15. The molecular weight excluding hydrogens is 516 g/mol. The third kappa shape index (κ3) is 229. The second-order valence-electron chi connectivity index (χ2n) is 4.17. The van der Waals surface area contributed by atoms with Gasteiger partial charge in [0.05, 0.1) is 0 Å². The van der Waals surface area contributed by atoms with Crippen LogP contribution in [0.1, 0.15) is 173 Å². The van der Waals surface area contributed by atoms with E-state index in [0.29, 0.717) is 0 Å². The Morgan fingerprint density at radius 1 is 0.163 bits per heavy atom. The van der Waals surface area contributed by atoms with Crippen molar-refractivity contribution >= 4 is 0 Å². The van der Waals surface area contributed by atoms with Crippen LogP contribution < -0.4 is 0 Å². The summed E-state index contributed by atoms with van der Waals surface area (Å²) in [5.41, 5.74) is 0. The van der Waals surface area contributed by atoms with E-state index < -0.39 is 0 Å². The van der Waals surface area contributed by atoms with E-state index in [9.17, 15) is 0 Å². The van der Waals surface area contributed by atoms with Crippen molar-refractivity contribution in [1.82, 2.24) is 0 Å². The first-order chi connectivity index (χ1) is 21.4. The topological polar surface area (TPSA) is 0 Å². The molecule has 3 aromatic carbocycles. The maximum atomic E-state index is 2.12. The quantitative estimate of drug-likeness (QED) is 0.238. The van der Waals surface area contributed by atoms with E-state index in [0.717, 1.165) is 0 Å². The molecule has 0 nitrogen and oxygen atoms in total. The van der Waals surface area contributed by atoms with Crippen molar-refractivity contribution in [2.45, 2.75) is 173 Å². The van der Waals surface area contributed by atoms with Crippen molar-refractivity contribution in [3.8, 4) is 0 Å². The predicted molar refractivity (Wildman–Crippen MR) is 220 cm³/mol. The molecule has 0 aliphatic heterocycles. The van der Waals surface area contributed by atoms with E-state index in [4.69, 9.17) is 0 Å². The molecule has 0 spiro atoms. The zero-order valence-electron chi connectivity index (χ0n) is 35.1. The first kappa shape index (κ1) is 77.9. The van der Waals surface area contributed by atoms with Crippen LogP contribution in [0.2, 0.25) is 0 Å². The van der Waals surface area contributed by atoms with Crippen LogP contribution in [-0.2, 0) is 0 Å². The van der Waals surface area contributed by atoms with Gasteiger partial charge in [0.25, 0.3) is 0 Å². The minimum atomic E-state index is 1.25. The molecule has 264 valence electrons. The van der Waals surface area contributed by atoms with E-state index in [1.54, 1.807) is 0 Å². The van der Waals surface area contributed by atoms with Crippen molar-refractivity contribution in [1.29, 1.82) is 0 Å². The summed E-state index contributed by atoms with van der Waals surface area (Å²) in [6.45, 7) is 48.2. The Labute approximate surface area is 281 Å². The second-order valence-corrected chi connectivity index (χ2v) is 4.17. The highest BCUT2D eigenvalue weighted by atomic mass is 13.7. The van der Waals surface area contributed by atoms with Gasteiger partial charge in [0, 0.05) is 0 Å². The normalized spacial score (nSPS) is 5.30. The number of hydrogen-bond acceptors (Lipinski definition) is 0. The molecule has 0 aliphatic rings. The molecule has 43 heavy (non-hydrogen) atoms. The highest BCUT2D eigenvalue weighted by molar-refractivity contribution is 5.00. The molecule has 0 heteroatoms. The minimum Gasteiger partial charge on any atom is -0.0683 e. The van der Waals surface area contributed by atoms with Gasteiger partial charge in [-0.3, -0.25) is 0 Å². The standard InChI is InChI=1S/3C6H6.C3H8.11C2H6/c3*1-2-4-6-5-3-1;1-3-2;11*1-2/h3*1-6H;3H2,1-2H3;11*1-2H3. The van der Waals surface area contributed by atoms with E-state index >= 15 is 0 Å². The summed E-state index contributed by atoms with van der Waals surface area (Å²) < 4.78 is 0. The highest BCUT2D eigenvalue weighted by Crippen LogP contribution is 1.81. The Balaban J connectivity index is -0.0000000249. The zero-order chi connectivity index (χ0) is 37.4. The molecule has 0 aliphatic carbocycles. The zero-order valence-corrected chi connectivity index (χ0v) is 35.1. The second kappa shape index (κ2) is 214. The highest BCUT2D eigenvalue weighted by Gasteiger charge is 1.59. The number of hydrogen-bond donors (Lipinski definition) is 0. The minimum absolute atomic E-state index is 1.25. The van der Waals surface area contributed by atoms with Crippen LogP contribution in [0.4, 0.5) is 0 Å². The predicted octanol–water partition coefficient (Wildman–Crippen LogP) is 17.8. The molecule has 0 amide bonds. The molecule has 0 saturated carbocycles. The molecular formula is C43H92. The molecule has 0 unspecified atom stereocenters. The molecule has 3 rings (SSSR count). The number of benzene rings is 3. The summed E-state index contributed by atoms with van der Waals surface area (Å²) in [6, 6.07) is 36.0. The first-order valence-corrected chi connectivity index (χ1v) is 18.4. The van der Waals surface area contributed by atoms with Crippen molar-refractivity contribution in [3.63, 3.8) is 0 Å². The largest absolute Gasteiger partial charge is 0.0683 e. The average Bonchev–Trinajstić information content (AvgIpc) is 3.20. The van der Waals surface area contributed by atoms with E-state index in [2.05, 4.69) is 13.8 Å². The summed E-state index contributed by atoms with van der Waals surface area (Å²) >= 11 is 0. The molecule has 0 fully saturated rings. The van der Waals surface area contributed by atoms with Crippen LogP contribution in [0, 0.1) is 0 Å². The number of rotatable bonds is 0. The van der Waals surface area contributed by atoms with Crippen molar-refractivity contribution < 1.29 is 0 Å². The lowest BCUT2D eigenvalue weighted by Gasteiger charge is -1.69. The smallest absolute Gasteiger partial charge is 0.0590 e. The summed E-state index contributed by atoms with van der Waals surface area (Å²) in [4.78, 5) is 0. The van der Waals surface area contributed by atoms with Gasteiger partial charge < -0.3 is 0 Å². The van der Waals surface area contributed by atoms with Gasteiger partial charge in [0.2, 0.25) is 0 Å². The van der Waals surface area contributed by atoms with Crippen LogP contribution in [0.5, 0.6) is 0 Å². The Morgan fingerprint density at radius 2 is 0.186 bits per heavy atom. The summed E-state index contributed by atoms with van der Waals surface area (Å²) in [5, 5.41) is 0. The fraction of sp³-hybridized carbons (Fsp3) is 0.581. The van der Waals surface area contributed by atoms with Gasteiger partial charge in [-0.05, 0) is 0 Å². The van der Waals surface area contributed by atoms with E-state index in [1.165, 1.54) is 6.42 Å². The van der Waals surface area contributed by atoms with Crippen LogP contribution in [0.15, 0.2) is 109 Å². The van der Waals surface area contributed by atoms with Crippen molar-refractivity contribution in [2.75, 3.05) is 0 Å². The molecule has 0 heterocycles. The lowest BCUT2D eigenvalue weighted by Crippen LogP contribution is -1.47. The Hall–Kier alpha value is -2.34. The molecule has 3 aromatic rings. The van der Waals surface area contributed by atoms with Gasteiger partial charge in [-0.1, -0.05) is 282 Å². The van der Waals surface area contributed by atoms with E-state index in [-0.39, 0.29) is 0 Å². The van der Waals surface area contributed by atoms with E-state index in [1.807, 2.05) is 262 Å². The Kier molecular flexibility index (Phi) is 387. The summed E-state index contributed by atoms with van der Waals surface area (Å²) in [7, 11) is 0. The van der Waals surface area contributed by atoms with Crippen LogP contribution in [0.3, 0.4) is 0 Å². The Bertz CT molecular complexity index is 305. The van der Waals surface area contributed by atoms with Gasteiger partial charge in [0.1, 0.15) is 0 Å². The van der Waals surface area contributed by atoms with Crippen molar-refractivity contribution in [3.05, 3.63) is 109 Å². The molecule has 0 aromatic heterocycles. The van der Waals surface area contributed by atoms with Gasteiger partial charge in [0.15, 0.2) is 0 Å². The molecule has 0 bridgehead atoms.